The van der Waals surface area contributed by atoms with E-state index in [1.807, 2.05) is 31.7 Å². The van der Waals surface area contributed by atoms with Gasteiger partial charge in [0.05, 0.1) is 6.54 Å². The second kappa shape index (κ2) is 15.0. The van der Waals surface area contributed by atoms with Gasteiger partial charge >= 0.3 is 6.09 Å². The topological polar surface area (TPSA) is 95.1 Å². The van der Waals surface area contributed by atoms with E-state index in [4.69, 9.17) is 4.74 Å². The normalized spacial score (nSPS) is 14.8. The largest absolute Gasteiger partial charge is 0.444 e. The van der Waals surface area contributed by atoms with Gasteiger partial charge in [0, 0.05) is 33.2 Å². The number of aliphatic imine (C=N–C) groups is 1. The van der Waals surface area contributed by atoms with Crippen molar-refractivity contribution >= 4 is 41.9 Å². The molecule has 0 spiro atoms. The summed E-state index contributed by atoms with van der Waals surface area (Å²) in [6.45, 7) is 8.44. The lowest BCUT2D eigenvalue weighted by molar-refractivity contribution is -0.131. The van der Waals surface area contributed by atoms with E-state index >= 15 is 0 Å². The second-order valence-electron chi connectivity index (χ2n) is 9.15. The molecule has 2 rings (SSSR count). The zero-order valence-electron chi connectivity index (χ0n) is 20.4. The zero-order valence-corrected chi connectivity index (χ0v) is 22.7. The number of amides is 2. The molecule has 33 heavy (non-hydrogen) atoms. The number of nitrogens with zero attached hydrogens (tertiary/aromatic N) is 2. The fourth-order valence-corrected chi connectivity index (χ4v) is 3.63. The molecular weight excluding hydrogens is 533 g/mol. The molecule has 1 aromatic carbocycles. The third-order valence-corrected chi connectivity index (χ3v) is 5.28. The minimum Gasteiger partial charge on any atom is -0.444 e. The smallest absolute Gasteiger partial charge is 0.407 e. The number of ether oxygens (including phenoxy) is 1. The highest BCUT2D eigenvalue weighted by molar-refractivity contribution is 14.0. The summed E-state index contributed by atoms with van der Waals surface area (Å²) < 4.78 is 5.20. The molecule has 9 heteroatoms. The van der Waals surface area contributed by atoms with Crippen LogP contribution in [-0.2, 0) is 16.0 Å². The second-order valence-corrected chi connectivity index (χ2v) is 9.15. The van der Waals surface area contributed by atoms with E-state index in [-0.39, 0.29) is 36.4 Å². The molecule has 186 valence electrons. The standard InChI is InChI=1S/C24H39N5O3.HI/c1-24(2,3)32-23(31)27-14-8-13-26-22(25-4)28-18-21(30)29-15-11-20(12-16-29)17-19-9-6-5-7-10-19;/h5-7,9-10,20H,8,11-18H2,1-4H3,(H,27,31)(H2,25,26,28);1H. The van der Waals surface area contributed by atoms with Gasteiger partial charge in [0.25, 0.3) is 0 Å². The van der Waals surface area contributed by atoms with Gasteiger partial charge < -0.3 is 25.6 Å². The van der Waals surface area contributed by atoms with Crippen molar-refractivity contribution in [1.82, 2.24) is 20.9 Å². The molecule has 1 aromatic rings. The Balaban J connectivity index is 0.00000544. The molecule has 1 aliphatic rings. The predicted octanol–water partition coefficient (Wildman–Crippen LogP) is 3.17. The van der Waals surface area contributed by atoms with E-state index in [0.29, 0.717) is 31.4 Å². The third-order valence-electron chi connectivity index (χ3n) is 5.28. The number of hydrogen-bond donors (Lipinski definition) is 3. The molecule has 0 bridgehead atoms. The molecule has 2 amide bonds. The zero-order chi connectivity index (χ0) is 23.4. The Morgan fingerprint density at radius 3 is 2.30 bits per heavy atom. The molecule has 1 aliphatic heterocycles. The molecular formula is C24H40IN5O3. The number of carbonyl (C=O) groups is 2. The van der Waals surface area contributed by atoms with Gasteiger partial charge in [0.15, 0.2) is 5.96 Å². The minimum absolute atomic E-state index is 0. The van der Waals surface area contributed by atoms with Crippen molar-refractivity contribution in [3.63, 3.8) is 0 Å². The van der Waals surface area contributed by atoms with Gasteiger partial charge in [-0.2, -0.15) is 0 Å². The highest BCUT2D eigenvalue weighted by atomic mass is 127. The van der Waals surface area contributed by atoms with Crippen LogP contribution < -0.4 is 16.0 Å². The lowest BCUT2D eigenvalue weighted by Crippen LogP contribution is -2.47. The highest BCUT2D eigenvalue weighted by Gasteiger charge is 2.23. The molecule has 0 aromatic heterocycles. The van der Waals surface area contributed by atoms with Crippen molar-refractivity contribution in [3.05, 3.63) is 35.9 Å². The summed E-state index contributed by atoms with van der Waals surface area (Å²) in [6, 6.07) is 10.6. The maximum atomic E-state index is 12.6. The summed E-state index contributed by atoms with van der Waals surface area (Å²) in [5.41, 5.74) is 0.868. The van der Waals surface area contributed by atoms with E-state index in [1.165, 1.54) is 5.56 Å². The fourth-order valence-electron chi connectivity index (χ4n) is 3.63. The van der Waals surface area contributed by atoms with Crippen LogP contribution in [-0.4, -0.2) is 68.2 Å². The summed E-state index contributed by atoms with van der Waals surface area (Å²) in [7, 11) is 1.67. The monoisotopic (exact) mass is 573 g/mol. The molecule has 0 aliphatic carbocycles. The summed E-state index contributed by atoms with van der Waals surface area (Å²) in [5, 5.41) is 8.96. The van der Waals surface area contributed by atoms with Crippen LogP contribution in [0.15, 0.2) is 35.3 Å². The Labute approximate surface area is 215 Å². The molecule has 0 saturated carbocycles. The molecule has 1 heterocycles. The number of halogens is 1. The van der Waals surface area contributed by atoms with Gasteiger partial charge in [-0.3, -0.25) is 9.79 Å². The van der Waals surface area contributed by atoms with Crippen LogP contribution in [0, 0.1) is 5.92 Å². The van der Waals surface area contributed by atoms with Crippen molar-refractivity contribution in [1.29, 1.82) is 0 Å². The maximum absolute atomic E-state index is 12.6. The van der Waals surface area contributed by atoms with Gasteiger partial charge in [-0.25, -0.2) is 4.79 Å². The first-order chi connectivity index (χ1) is 15.3. The molecule has 0 unspecified atom stereocenters. The molecule has 8 nitrogen and oxygen atoms in total. The Kier molecular flexibility index (Phi) is 13.2. The molecule has 3 N–H and O–H groups in total. The SMILES string of the molecule is CN=C(NCCCNC(=O)OC(C)(C)C)NCC(=O)N1CCC(Cc2ccccc2)CC1.I. The summed E-state index contributed by atoms with van der Waals surface area (Å²) in [5.74, 6) is 1.31. The number of alkyl carbamates (subject to hydrolysis) is 1. The van der Waals surface area contributed by atoms with Gasteiger partial charge in [-0.05, 0) is 57.9 Å². The lowest BCUT2D eigenvalue weighted by atomic mass is 9.90. The van der Waals surface area contributed by atoms with Crippen molar-refractivity contribution in [2.24, 2.45) is 10.9 Å². The first-order valence-corrected chi connectivity index (χ1v) is 11.5. The Morgan fingerprint density at radius 2 is 1.70 bits per heavy atom. The number of likely N-dealkylation sites (tertiary alicyclic amines) is 1. The van der Waals surface area contributed by atoms with E-state index in [9.17, 15) is 9.59 Å². The first-order valence-electron chi connectivity index (χ1n) is 11.5. The van der Waals surface area contributed by atoms with Crippen LogP contribution in [0.2, 0.25) is 0 Å². The minimum atomic E-state index is -0.502. The van der Waals surface area contributed by atoms with Crippen molar-refractivity contribution in [2.75, 3.05) is 39.8 Å². The first kappa shape index (κ1) is 29.0. The molecule has 1 saturated heterocycles. The van der Waals surface area contributed by atoms with Gasteiger partial charge in [-0.15, -0.1) is 24.0 Å². The summed E-state index contributed by atoms with van der Waals surface area (Å²) in [4.78, 5) is 30.3. The van der Waals surface area contributed by atoms with Crippen LogP contribution in [0.1, 0.15) is 45.6 Å². The summed E-state index contributed by atoms with van der Waals surface area (Å²) >= 11 is 0. The third kappa shape index (κ3) is 12.1. The highest BCUT2D eigenvalue weighted by Crippen LogP contribution is 2.21. The van der Waals surface area contributed by atoms with E-state index in [2.05, 4.69) is 45.2 Å². The van der Waals surface area contributed by atoms with Gasteiger partial charge in [0.2, 0.25) is 5.91 Å². The van der Waals surface area contributed by atoms with Crippen molar-refractivity contribution < 1.29 is 14.3 Å². The Bertz CT molecular complexity index is 744. The maximum Gasteiger partial charge on any atom is 0.407 e. The number of piperidine rings is 1. The summed E-state index contributed by atoms with van der Waals surface area (Å²) in [6.07, 6.45) is 3.46. The average molecular weight is 574 g/mol. The number of benzene rings is 1. The number of guanidine groups is 1. The van der Waals surface area contributed by atoms with Gasteiger partial charge in [0.1, 0.15) is 5.60 Å². The van der Waals surface area contributed by atoms with Gasteiger partial charge in [-0.1, -0.05) is 30.3 Å². The van der Waals surface area contributed by atoms with E-state index in [1.54, 1.807) is 7.05 Å². The fraction of sp³-hybridized carbons (Fsp3) is 0.625. The Morgan fingerprint density at radius 1 is 1.06 bits per heavy atom. The van der Waals surface area contributed by atoms with Crippen molar-refractivity contribution in [3.8, 4) is 0 Å². The number of carbonyl (C=O) groups excluding carboxylic acids is 2. The van der Waals surface area contributed by atoms with Crippen LogP contribution in [0.4, 0.5) is 4.79 Å². The predicted molar refractivity (Wildman–Crippen MR) is 143 cm³/mol. The number of rotatable bonds is 8. The molecule has 0 atom stereocenters. The van der Waals surface area contributed by atoms with Crippen molar-refractivity contribution in [2.45, 2.75) is 52.1 Å². The number of nitrogens with one attached hydrogen (secondary N) is 3. The average Bonchev–Trinajstić information content (AvgIpc) is 2.75. The molecule has 1 fully saturated rings. The Hall–Kier alpha value is -2.04. The van der Waals surface area contributed by atoms with E-state index < -0.39 is 11.7 Å². The van der Waals surface area contributed by atoms with Crippen LogP contribution in [0.25, 0.3) is 0 Å². The lowest BCUT2D eigenvalue weighted by Gasteiger charge is -2.32. The number of hydrogen-bond acceptors (Lipinski definition) is 4. The molecule has 0 radical (unpaired) electrons. The van der Waals surface area contributed by atoms with Crippen LogP contribution >= 0.6 is 24.0 Å². The van der Waals surface area contributed by atoms with E-state index in [0.717, 1.165) is 32.4 Å². The van der Waals surface area contributed by atoms with Crippen LogP contribution in [0.3, 0.4) is 0 Å². The quantitative estimate of drug-likeness (QED) is 0.192. The van der Waals surface area contributed by atoms with Crippen LogP contribution in [0.5, 0.6) is 0 Å².